The Kier molecular flexibility index (Phi) is 2.00. The third-order valence-corrected chi connectivity index (χ3v) is 1.09. The molecule has 3 amide bonds. The molecule has 5 heteroatoms. The van der Waals surface area contributed by atoms with Crippen molar-refractivity contribution < 1.29 is 9.59 Å². The minimum atomic E-state index is -0.492. The molecule has 5 nitrogen and oxygen atoms in total. The second kappa shape index (κ2) is 2.96. The fourth-order valence-corrected chi connectivity index (χ4v) is 0.652. The molecule has 0 aromatic carbocycles. The Morgan fingerprint density at radius 3 is 2.82 bits per heavy atom. The number of hydrogen-bond donors (Lipinski definition) is 1. The second-order valence-corrected chi connectivity index (χ2v) is 1.91. The first-order valence-corrected chi connectivity index (χ1v) is 3.00. The number of carbonyl (C=O) groups excluding carboxylic acids is 2. The summed E-state index contributed by atoms with van der Waals surface area (Å²) in [6.45, 7) is 3.36. The lowest BCUT2D eigenvalue weighted by Gasteiger charge is -2.01. The molecule has 1 heterocycles. The zero-order valence-electron chi connectivity index (χ0n) is 5.78. The van der Waals surface area contributed by atoms with E-state index in [9.17, 15) is 9.59 Å². The molecule has 58 valence electrons. The van der Waals surface area contributed by atoms with Crippen molar-refractivity contribution in [2.45, 2.75) is 0 Å². The monoisotopic (exact) mass is 153 g/mol. The van der Waals surface area contributed by atoms with Crippen molar-refractivity contribution in [3.05, 3.63) is 12.7 Å². The smallest absolute Gasteiger partial charge is 0.275 e. The number of amides is 3. The maximum absolute atomic E-state index is 10.7. The summed E-state index contributed by atoms with van der Waals surface area (Å²) in [5.74, 6) is -0.337. The Balaban J connectivity index is 2.60. The molecule has 0 aromatic rings. The van der Waals surface area contributed by atoms with Crippen LogP contribution < -0.4 is 5.32 Å². The Morgan fingerprint density at radius 1 is 1.64 bits per heavy atom. The molecular weight excluding hydrogens is 146 g/mol. The van der Waals surface area contributed by atoms with Crippen LogP contribution in [0.4, 0.5) is 4.79 Å². The summed E-state index contributed by atoms with van der Waals surface area (Å²) < 4.78 is 0. The summed E-state index contributed by atoms with van der Waals surface area (Å²) in [5.41, 5.74) is 0. The number of hydrazone groups is 1. The van der Waals surface area contributed by atoms with Gasteiger partial charge in [-0.3, -0.25) is 10.1 Å². The predicted molar refractivity (Wildman–Crippen MR) is 38.9 cm³/mol. The Morgan fingerprint density at radius 2 is 2.36 bits per heavy atom. The molecule has 1 saturated heterocycles. The van der Waals surface area contributed by atoms with Crippen LogP contribution in [0, 0.1) is 0 Å². The summed E-state index contributed by atoms with van der Waals surface area (Å²) in [7, 11) is 0. The lowest BCUT2D eigenvalue weighted by molar-refractivity contribution is -0.118. The Labute approximate surface area is 63.4 Å². The van der Waals surface area contributed by atoms with E-state index in [0.29, 0.717) is 0 Å². The van der Waals surface area contributed by atoms with Crippen molar-refractivity contribution in [1.82, 2.24) is 10.3 Å². The van der Waals surface area contributed by atoms with Gasteiger partial charge in [0.25, 0.3) is 0 Å². The summed E-state index contributed by atoms with van der Waals surface area (Å²) in [6.07, 6.45) is 2.77. The van der Waals surface area contributed by atoms with Gasteiger partial charge >= 0.3 is 6.03 Å². The van der Waals surface area contributed by atoms with Gasteiger partial charge in [-0.25, -0.2) is 9.80 Å². The van der Waals surface area contributed by atoms with Gasteiger partial charge in [0.05, 0.1) is 0 Å². The zero-order valence-corrected chi connectivity index (χ0v) is 5.78. The molecule has 1 fully saturated rings. The zero-order chi connectivity index (χ0) is 8.27. The Bertz CT molecular complexity index is 234. The molecule has 0 spiro atoms. The third-order valence-electron chi connectivity index (χ3n) is 1.09. The predicted octanol–water partition coefficient (Wildman–Crippen LogP) is -0.290. The summed E-state index contributed by atoms with van der Waals surface area (Å²) in [5, 5.41) is 6.74. The molecule has 11 heavy (non-hydrogen) atoms. The van der Waals surface area contributed by atoms with E-state index >= 15 is 0 Å². The van der Waals surface area contributed by atoms with Crippen molar-refractivity contribution >= 4 is 18.2 Å². The number of rotatable bonds is 2. The molecule has 0 bridgehead atoms. The van der Waals surface area contributed by atoms with Crippen LogP contribution in [0.2, 0.25) is 0 Å². The van der Waals surface area contributed by atoms with Crippen molar-refractivity contribution in [2.24, 2.45) is 5.10 Å². The standard InChI is InChI=1S/C6H7N3O2/c1-2-3-7-9-4-5(10)8-6(9)11/h2-3H,1,4H2,(H,8,10,11). The van der Waals surface area contributed by atoms with Gasteiger partial charge in [0.2, 0.25) is 5.91 Å². The first-order chi connectivity index (χ1) is 5.24. The van der Waals surface area contributed by atoms with Crippen molar-refractivity contribution in [2.75, 3.05) is 6.54 Å². The highest BCUT2D eigenvalue weighted by Gasteiger charge is 2.25. The van der Waals surface area contributed by atoms with Gasteiger partial charge in [-0.1, -0.05) is 6.58 Å². The minimum absolute atomic E-state index is 0.0107. The number of nitrogens with zero attached hydrogens (tertiary/aromatic N) is 2. The number of allylic oxidation sites excluding steroid dienone is 1. The van der Waals surface area contributed by atoms with E-state index in [1.807, 2.05) is 0 Å². The van der Waals surface area contributed by atoms with E-state index < -0.39 is 6.03 Å². The van der Waals surface area contributed by atoms with Crippen LogP contribution >= 0.6 is 0 Å². The molecule has 0 atom stereocenters. The largest absolute Gasteiger partial charge is 0.344 e. The van der Waals surface area contributed by atoms with Crippen LogP contribution in [0.3, 0.4) is 0 Å². The molecule has 1 aliphatic rings. The maximum atomic E-state index is 10.7. The van der Waals surface area contributed by atoms with Gasteiger partial charge in [0.15, 0.2) is 0 Å². The van der Waals surface area contributed by atoms with Crippen LogP contribution in [0.25, 0.3) is 0 Å². The van der Waals surface area contributed by atoms with E-state index in [2.05, 4.69) is 17.0 Å². The van der Waals surface area contributed by atoms with Gasteiger partial charge in [-0.2, -0.15) is 5.10 Å². The van der Waals surface area contributed by atoms with Crippen LogP contribution in [0.1, 0.15) is 0 Å². The van der Waals surface area contributed by atoms with Gasteiger partial charge in [0.1, 0.15) is 6.54 Å². The van der Waals surface area contributed by atoms with Crippen LogP contribution in [0.15, 0.2) is 17.8 Å². The molecule has 1 aliphatic heterocycles. The van der Waals surface area contributed by atoms with E-state index in [1.54, 1.807) is 0 Å². The number of carbonyl (C=O) groups is 2. The van der Waals surface area contributed by atoms with Crippen molar-refractivity contribution in [1.29, 1.82) is 0 Å². The number of hydrogen-bond acceptors (Lipinski definition) is 3. The minimum Gasteiger partial charge on any atom is -0.275 e. The highest BCUT2D eigenvalue weighted by Crippen LogP contribution is 1.96. The summed E-state index contributed by atoms with van der Waals surface area (Å²) >= 11 is 0. The second-order valence-electron chi connectivity index (χ2n) is 1.91. The van der Waals surface area contributed by atoms with Gasteiger partial charge in [-0.15, -0.1) is 0 Å². The Hall–Kier alpha value is -1.65. The van der Waals surface area contributed by atoms with Crippen LogP contribution in [-0.4, -0.2) is 29.7 Å². The summed E-state index contributed by atoms with van der Waals surface area (Å²) in [4.78, 5) is 21.3. The SMILES string of the molecule is C=CC=NN1CC(=O)NC1=O. The molecule has 0 radical (unpaired) electrons. The van der Waals surface area contributed by atoms with E-state index in [1.165, 1.54) is 12.3 Å². The first kappa shape index (κ1) is 7.46. The molecule has 1 rings (SSSR count). The van der Waals surface area contributed by atoms with Crippen molar-refractivity contribution in [3.63, 3.8) is 0 Å². The highest BCUT2D eigenvalue weighted by atomic mass is 16.2. The topological polar surface area (TPSA) is 61.8 Å². The van der Waals surface area contributed by atoms with E-state index in [-0.39, 0.29) is 12.5 Å². The van der Waals surface area contributed by atoms with Gasteiger partial charge in [0, 0.05) is 6.21 Å². The van der Waals surface area contributed by atoms with Gasteiger partial charge < -0.3 is 0 Å². The number of nitrogens with one attached hydrogen (secondary N) is 1. The average molecular weight is 153 g/mol. The maximum Gasteiger partial charge on any atom is 0.344 e. The van der Waals surface area contributed by atoms with Crippen LogP contribution in [0.5, 0.6) is 0 Å². The first-order valence-electron chi connectivity index (χ1n) is 3.00. The lowest BCUT2D eigenvalue weighted by atomic mass is 10.6. The third kappa shape index (κ3) is 1.64. The normalized spacial score (nSPS) is 17.6. The van der Waals surface area contributed by atoms with Gasteiger partial charge in [-0.05, 0) is 6.08 Å². The molecule has 0 aliphatic carbocycles. The van der Waals surface area contributed by atoms with Crippen LogP contribution in [-0.2, 0) is 4.79 Å². The average Bonchev–Trinajstić information content (AvgIpc) is 2.26. The fourth-order valence-electron chi connectivity index (χ4n) is 0.652. The lowest BCUT2D eigenvalue weighted by Crippen LogP contribution is -2.23. The quantitative estimate of drug-likeness (QED) is 0.437. The van der Waals surface area contributed by atoms with Crippen molar-refractivity contribution in [3.8, 4) is 0 Å². The molecule has 0 saturated carbocycles. The van der Waals surface area contributed by atoms with E-state index in [0.717, 1.165) is 5.01 Å². The fraction of sp³-hybridized carbons (Fsp3) is 0.167. The van der Waals surface area contributed by atoms with E-state index in [4.69, 9.17) is 0 Å². The highest BCUT2D eigenvalue weighted by molar-refractivity contribution is 6.02. The molecule has 1 N–H and O–H groups in total. The summed E-state index contributed by atoms with van der Waals surface area (Å²) in [6, 6.07) is -0.492. The number of urea groups is 1. The molecular formula is C6H7N3O2. The molecule has 0 unspecified atom stereocenters. The number of imide groups is 1. The molecule has 0 aromatic heterocycles.